The summed E-state index contributed by atoms with van der Waals surface area (Å²) >= 11 is 6.97. The second kappa shape index (κ2) is 23.1. The first-order chi connectivity index (χ1) is 32.3. The van der Waals surface area contributed by atoms with Crippen molar-refractivity contribution in [2.24, 2.45) is 22.7 Å². The number of hydrogen-bond donors (Lipinski definition) is 3. The number of carbonyl (C=O) groups is 1. The number of fused-ring (bicyclic) bond motifs is 6. The minimum Gasteiger partial charge on any atom is -0.388 e. The van der Waals surface area contributed by atoms with E-state index in [0.717, 1.165) is 61.5 Å². The van der Waals surface area contributed by atoms with Crippen molar-refractivity contribution < 1.29 is 51.4 Å². The summed E-state index contributed by atoms with van der Waals surface area (Å²) in [5.41, 5.74) is 11.6. The van der Waals surface area contributed by atoms with Gasteiger partial charge in [-0.25, -0.2) is 8.78 Å². The molecule has 4 aliphatic carbocycles. The van der Waals surface area contributed by atoms with E-state index in [9.17, 15) is 18.7 Å². The quantitative estimate of drug-likeness (QED) is 0.150. The number of aliphatic hydroxyl groups excluding tert-OH is 1. The average Bonchev–Trinajstić information content (AvgIpc) is 4.21. The van der Waals surface area contributed by atoms with Crippen LogP contribution in [0.3, 0.4) is 0 Å². The molecule has 3 N–H and O–H groups in total. The maximum atomic E-state index is 12.1. The Kier molecular flexibility index (Phi) is 17.6. The Morgan fingerprint density at radius 2 is 1.19 bits per heavy atom. The van der Waals surface area contributed by atoms with E-state index in [1.165, 1.54) is 89.0 Å². The van der Waals surface area contributed by atoms with Crippen LogP contribution in [-0.2, 0) is 50.3 Å². The topological polar surface area (TPSA) is 94.7 Å². The summed E-state index contributed by atoms with van der Waals surface area (Å²) in [6, 6.07) is 29.6. The Morgan fingerprint density at radius 1 is 0.721 bits per heavy atom. The Morgan fingerprint density at radius 3 is 1.71 bits per heavy atom. The molecule has 2 fully saturated rings. The number of hydrogen-bond acceptors (Lipinski definition) is 6. The van der Waals surface area contributed by atoms with Crippen LogP contribution in [0, 0.1) is 48.1 Å². The van der Waals surface area contributed by atoms with Crippen molar-refractivity contribution >= 4 is 77.2 Å². The largest absolute Gasteiger partial charge is 0.388 e. The van der Waals surface area contributed by atoms with Crippen LogP contribution in [0.1, 0.15) is 97.7 Å². The smallest absolute Gasteiger partial charge is 0.123 e. The summed E-state index contributed by atoms with van der Waals surface area (Å²) in [6.45, 7) is 8.54. The molecule has 1 radical (unpaired) electrons. The first-order valence-electron chi connectivity index (χ1n) is 22.9. The van der Waals surface area contributed by atoms with Gasteiger partial charge in [0.1, 0.15) is 17.9 Å². The molecule has 349 valence electrons. The number of carbonyl (C=O) groups excluding carboxylic acids is 1. The van der Waals surface area contributed by atoms with Crippen LogP contribution >= 0.6 is 38.6 Å². The third kappa shape index (κ3) is 11.8. The van der Waals surface area contributed by atoms with Crippen molar-refractivity contribution in [1.82, 2.24) is 20.4 Å². The van der Waals surface area contributed by atoms with E-state index in [2.05, 4.69) is 122 Å². The van der Waals surface area contributed by atoms with Gasteiger partial charge in [-0.05, 0) is 173 Å². The number of thiophene rings is 2. The molecule has 68 heavy (non-hydrogen) atoms. The molecular formula is C56H57BrF2N4O2S2Y. The number of benzene rings is 4. The van der Waals surface area contributed by atoms with E-state index in [1.807, 2.05) is 26.2 Å². The molecular weight excluding hydrogens is 1030 g/mol. The van der Waals surface area contributed by atoms with Crippen molar-refractivity contribution in [2.75, 3.05) is 0 Å². The van der Waals surface area contributed by atoms with Crippen LogP contribution in [0.25, 0.3) is 32.3 Å². The molecule has 0 unspecified atom stereocenters. The predicted octanol–water partition coefficient (Wildman–Crippen LogP) is 15.4. The summed E-state index contributed by atoms with van der Waals surface area (Å²) < 4.78 is 28.0. The maximum absolute atomic E-state index is 12.1. The van der Waals surface area contributed by atoms with Crippen molar-refractivity contribution in [1.29, 1.82) is 0 Å². The summed E-state index contributed by atoms with van der Waals surface area (Å²) in [6.07, 6.45) is 17.3. The van der Waals surface area contributed by atoms with Gasteiger partial charge in [-0.3, -0.25) is 10.2 Å². The standard InChI is InChI=1S/C21H22N2OS.C13H16N2O.C8H5BrS.2C7H7F.Y/c1-21-10-13-11-22-23-18(13)8-14(21)6-7-15(21)9-19(24)17-12-25-20-5-3-2-4-16(17)20;1-13-7-9-8-14-15-12(9)6-11(13)3-2-10(13)4-5-16;9-7-5-10-8-4-2-1-3-6(7)8;2*1-6-2-4-7(8)5-3-6;/h2-5,8,11-12,15,19,24H,6-7,9-10H2,1H3,(H,22,23);5-6,8,10H,2-4,7H2,1H3,(H,14,15);1-5H;2*2-5H,1H3;/t15-,19-,21+;10-,13-;;;;/m11..../s1. The number of aromatic nitrogens is 4. The molecule has 4 heterocycles. The fraction of sp³-hybridized carbons (Fsp3) is 0.304. The SMILES string of the molecule is Brc1csc2ccccc12.C[C@]12Cc3cn[nH]c3C=C1CC[C@@H]2CC=O.C[C@]12Cc3cn[nH]c3C=C1CC[C@@H]2C[C@@H](O)c1csc2ccccc12.Cc1ccc(F)cc1.Cc1ccc(F)cc1.[Y]. The van der Waals surface area contributed by atoms with E-state index < -0.39 is 0 Å². The zero-order valence-corrected chi connectivity index (χ0v) is 45.0. The Balaban J connectivity index is 0.000000137. The van der Waals surface area contributed by atoms with Gasteiger partial charge in [0, 0.05) is 63.8 Å². The van der Waals surface area contributed by atoms with Crippen LogP contribution in [0.4, 0.5) is 8.78 Å². The fourth-order valence-corrected chi connectivity index (χ4v) is 12.8. The molecule has 6 nitrogen and oxygen atoms in total. The molecule has 0 saturated heterocycles. The number of halogens is 3. The number of aldehydes is 1. The summed E-state index contributed by atoms with van der Waals surface area (Å²) in [5, 5.41) is 32.2. The van der Waals surface area contributed by atoms with Crippen LogP contribution in [0.2, 0.25) is 0 Å². The second-order valence-corrected chi connectivity index (χ2v) is 21.3. The first-order valence-corrected chi connectivity index (χ1v) is 25.5. The number of allylic oxidation sites excluding steroid dienone is 2. The normalized spacial score (nSPS) is 20.9. The van der Waals surface area contributed by atoms with E-state index in [-0.39, 0.29) is 61.3 Å². The average molecular weight is 1090 g/mol. The zero-order chi connectivity index (χ0) is 47.1. The number of aromatic amines is 2. The number of rotatable bonds is 5. The van der Waals surface area contributed by atoms with E-state index in [0.29, 0.717) is 18.3 Å². The van der Waals surface area contributed by atoms with E-state index in [1.54, 1.807) is 46.9 Å². The van der Waals surface area contributed by atoms with Crippen LogP contribution in [0.15, 0.2) is 136 Å². The monoisotopic (exact) mass is 1090 g/mol. The van der Waals surface area contributed by atoms with Crippen molar-refractivity contribution in [3.05, 3.63) is 187 Å². The molecule has 0 bridgehead atoms. The maximum Gasteiger partial charge on any atom is 0.123 e. The third-order valence-corrected chi connectivity index (χ3v) is 17.2. The van der Waals surface area contributed by atoms with Gasteiger partial charge in [0.05, 0.1) is 29.9 Å². The molecule has 4 aliphatic rings. The minimum atomic E-state index is -0.386. The van der Waals surface area contributed by atoms with Crippen LogP contribution in [0.5, 0.6) is 0 Å². The van der Waals surface area contributed by atoms with Gasteiger partial charge in [-0.1, -0.05) is 96.8 Å². The Hall–Kier alpha value is -4.23. The van der Waals surface area contributed by atoms with Gasteiger partial charge in [-0.15, -0.1) is 22.7 Å². The van der Waals surface area contributed by atoms with Crippen molar-refractivity contribution in [2.45, 2.75) is 85.2 Å². The van der Waals surface area contributed by atoms with E-state index >= 15 is 0 Å². The molecule has 5 atom stereocenters. The summed E-state index contributed by atoms with van der Waals surface area (Å²) in [7, 11) is 0. The molecule has 8 aromatic rings. The van der Waals surface area contributed by atoms with Crippen LogP contribution in [-0.4, -0.2) is 31.8 Å². The zero-order valence-electron chi connectivity index (χ0n) is 38.9. The van der Waals surface area contributed by atoms with Gasteiger partial charge in [-0.2, -0.15) is 10.2 Å². The molecule has 4 aromatic heterocycles. The number of H-pyrrole nitrogens is 2. The minimum absolute atomic E-state index is 0. The molecule has 2 saturated carbocycles. The molecule has 0 amide bonds. The third-order valence-electron chi connectivity index (χ3n) is 14.3. The fourth-order valence-electron chi connectivity index (χ4n) is 10.2. The predicted molar refractivity (Wildman–Crippen MR) is 276 cm³/mol. The van der Waals surface area contributed by atoms with Gasteiger partial charge >= 0.3 is 0 Å². The second-order valence-electron chi connectivity index (χ2n) is 18.6. The van der Waals surface area contributed by atoms with Crippen molar-refractivity contribution in [3.8, 4) is 0 Å². The van der Waals surface area contributed by atoms with Gasteiger partial charge in [0.15, 0.2) is 0 Å². The molecule has 4 aromatic carbocycles. The van der Waals surface area contributed by atoms with Gasteiger partial charge < -0.3 is 9.90 Å². The van der Waals surface area contributed by atoms with Crippen LogP contribution < -0.4 is 0 Å². The number of aliphatic hydroxyl groups is 1. The van der Waals surface area contributed by atoms with Crippen molar-refractivity contribution in [3.63, 3.8) is 0 Å². The molecule has 0 aliphatic heterocycles. The van der Waals surface area contributed by atoms with Gasteiger partial charge in [0.25, 0.3) is 0 Å². The molecule has 12 heteroatoms. The number of nitrogens with zero attached hydrogens (tertiary/aromatic N) is 2. The number of aryl methyl sites for hydroxylation is 2. The summed E-state index contributed by atoms with van der Waals surface area (Å²) in [4.78, 5) is 10.7. The molecule has 0 spiro atoms. The number of nitrogens with one attached hydrogen (secondary N) is 2. The molecule has 12 rings (SSSR count). The Labute approximate surface area is 439 Å². The van der Waals surface area contributed by atoms with Gasteiger partial charge in [0.2, 0.25) is 0 Å². The Bertz CT molecular complexity index is 2910. The summed E-state index contributed by atoms with van der Waals surface area (Å²) in [5.74, 6) is 0.681. The van der Waals surface area contributed by atoms with E-state index in [4.69, 9.17) is 0 Å². The first kappa shape index (κ1) is 51.6.